The minimum Gasteiger partial charge on any atom is -0.494 e. The molecule has 0 atom stereocenters. The van der Waals surface area contributed by atoms with E-state index in [-0.39, 0.29) is 0 Å². The minimum atomic E-state index is -0.940. The Balaban J connectivity index is 1.80. The lowest BCUT2D eigenvalue weighted by molar-refractivity contribution is -0.0213. The number of benzene rings is 1. The van der Waals surface area contributed by atoms with Crippen molar-refractivity contribution < 1.29 is 19.7 Å². The van der Waals surface area contributed by atoms with Crippen molar-refractivity contribution in [3.8, 4) is 5.75 Å². The fraction of sp³-hybridized carbons (Fsp3) is 0.632. The van der Waals surface area contributed by atoms with Gasteiger partial charge in [0.15, 0.2) is 0 Å². The first-order valence-corrected chi connectivity index (χ1v) is 8.99. The Morgan fingerprint density at radius 1 is 1.12 bits per heavy atom. The molecule has 134 valence electrons. The predicted molar refractivity (Wildman–Crippen MR) is 93.4 cm³/mol. The summed E-state index contributed by atoms with van der Waals surface area (Å²) in [7, 11) is 0. The van der Waals surface area contributed by atoms with E-state index in [1.54, 1.807) is 0 Å². The van der Waals surface area contributed by atoms with Gasteiger partial charge in [-0.3, -0.25) is 0 Å². The number of ether oxygens (including phenoxy) is 1. The summed E-state index contributed by atoms with van der Waals surface area (Å²) in [6.45, 7) is 3.65. The molecule has 1 aromatic rings. The predicted octanol–water partition coefficient (Wildman–Crippen LogP) is 4.00. The van der Waals surface area contributed by atoms with Crippen molar-refractivity contribution in [3.05, 3.63) is 29.8 Å². The van der Waals surface area contributed by atoms with Gasteiger partial charge < -0.3 is 19.8 Å². The van der Waals surface area contributed by atoms with E-state index >= 15 is 0 Å². The number of hydrogen-bond acceptors (Lipinski definition) is 3. The van der Waals surface area contributed by atoms with Gasteiger partial charge in [-0.25, -0.2) is 4.79 Å². The summed E-state index contributed by atoms with van der Waals surface area (Å²) in [5.74, 6) is 0.820. The van der Waals surface area contributed by atoms with E-state index in [4.69, 9.17) is 9.84 Å². The number of amides is 1. The second-order valence-electron chi connectivity index (χ2n) is 6.59. The average Bonchev–Trinajstić information content (AvgIpc) is 2.59. The fourth-order valence-corrected chi connectivity index (χ4v) is 3.11. The largest absolute Gasteiger partial charge is 0.494 e. The van der Waals surface area contributed by atoms with Gasteiger partial charge >= 0.3 is 6.09 Å². The lowest BCUT2D eigenvalue weighted by Gasteiger charge is -2.37. The summed E-state index contributed by atoms with van der Waals surface area (Å²) >= 11 is 0. The molecule has 0 spiro atoms. The van der Waals surface area contributed by atoms with Crippen LogP contribution in [-0.4, -0.2) is 40.9 Å². The van der Waals surface area contributed by atoms with Crippen LogP contribution in [0.1, 0.15) is 57.4 Å². The third-order valence-corrected chi connectivity index (χ3v) is 4.77. The number of aliphatic hydroxyl groups is 1. The highest BCUT2D eigenvalue weighted by Gasteiger charge is 2.35. The normalized spacial score (nSPS) is 16.8. The van der Waals surface area contributed by atoms with E-state index in [9.17, 15) is 9.90 Å². The van der Waals surface area contributed by atoms with Crippen LogP contribution in [0.4, 0.5) is 4.79 Å². The second-order valence-corrected chi connectivity index (χ2v) is 6.59. The molecule has 0 saturated carbocycles. The molecule has 0 bridgehead atoms. The maximum absolute atomic E-state index is 11.0. The Morgan fingerprint density at radius 2 is 1.75 bits per heavy atom. The maximum atomic E-state index is 11.0. The molecule has 0 aromatic heterocycles. The molecule has 1 amide bonds. The van der Waals surface area contributed by atoms with E-state index in [2.05, 4.69) is 6.92 Å². The first-order chi connectivity index (χ1) is 11.5. The van der Waals surface area contributed by atoms with E-state index in [1.807, 2.05) is 24.3 Å². The zero-order valence-corrected chi connectivity index (χ0v) is 14.5. The van der Waals surface area contributed by atoms with Crippen molar-refractivity contribution >= 4 is 6.09 Å². The van der Waals surface area contributed by atoms with Crippen LogP contribution in [0.5, 0.6) is 5.75 Å². The van der Waals surface area contributed by atoms with Crippen molar-refractivity contribution in [2.75, 3.05) is 19.7 Å². The second kappa shape index (κ2) is 8.92. The Hall–Kier alpha value is -1.75. The molecule has 0 unspecified atom stereocenters. The van der Waals surface area contributed by atoms with Gasteiger partial charge in [-0.15, -0.1) is 0 Å². The Bertz CT molecular complexity index is 507. The molecule has 1 fully saturated rings. The van der Waals surface area contributed by atoms with Crippen molar-refractivity contribution in [2.24, 2.45) is 0 Å². The van der Waals surface area contributed by atoms with E-state index in [0.717, 1.165) is 24.3 Å². The average molecular weight is 335 g/mol. The Labute approximate surface area is 144 Å². The number of carboxylic acid groups (broad SMARTS) is 1. The molecule has 24 heavy (non-hydrogen) atoms. The summed E-state index contributed by atoms with van der Waals surface area (Å²) in [6.07, 6.45) is 6.00. The lowest BCUT2D eigenvalue weighted by Crippen LogP contribution is -2.44. The number of carbonyl (C=O) groups is 1. The zero-order valence-electron chi connectivity index (χ0n) is 14.5. The van der Waals surface area contributed by atoms with Gasteiger partial charge in [-0.2, -0.15) is 0 Å². The first kappa shape index (κ1) is 18.6. The van der Waals surface area contributed by atoms with Gasteiger partial charge in [0.2, 0.25) is 0 Å². The van der Waals surface area contributed by atoms with Crippen molar-refractivity contribution in [1.29, 1.82) is 0 Å². The molecule has 1 heterocycles. The third-order valence-electron chi connectivity index (χ3n) is 4.77. The van der Waals surface area contributed by atoms with Crippen LogP contribution in [-0.2, 0) is 5.60 Å². The highest BCUT2D eigenvalue weighted by molar-refractivity contribution is 5.65. The molecule has 2 N–H and O–H groups in total. The molecule has 1 aliphatic rings. The van der Waals surface area contributed by atoms with Gasteiger partial charge in [-0.1, -0.05) is 44.7 Å². The van der Waals surface area contributed by atoms with Gasteiger partial charge in [-0.05, 0) is 37.0 Å². The smallest absolute Gasteiger partial charge is 0.407 e. The SMILES string of the molecule is CCCCCCCOc1ccc(C2(O)CCN(C(=O)O)CC2)cc1. The van der Waals surface area contributed by atoms with Crippen LogP contribution < -0.4 is 4.74 Å². The molecule has 0 aliphatic carbocycles. The zero-order chi connectivity index (χ0) is 17.4. The molecule has 1 saturated heterocycles. The van der Waals surface area contributed by atoms with Gasteiger partial charge in [0.1, 0.15) is 5.75 Å². The Morgan fingerprint density at radius 3 is 2.33 bits per heavy atom. The van der Waals surface area contributed by atoms with E-state index in [0.29, 0.717) is 25.9 Å². The quantitative estimate of drug-likeness (QED) is 0.705. The van der Waals surface area contributed by atoms with E-state index in [1.165, 1.54) is 30.6 Å². The number of piperidine rings is 1. The third kappa shape index (κ3) is 5.13. The monoisotopic (exact) mass is 335 g/mol. The molecular formula is C19H29NO4. The van der Waals surface area contributed by atoms with Crippen LogP contribution in [0, 0.1) is 0 Å². The van der Waals surface area contributed by atoms with Crippen LogP contribution in [0.25, 0.3) is 0 Å². The van der Waals surface area contributed by atoms with Gasteiger partial charge in [0, 0.05) is 13.1 Å². The minimum absolute atomic E-state index is 0.363. The molecule has 1 aromatic carbocycles. The van der Waals surface area contributed by atoms with Crippen molar-refractivity contribution in [3.63, 3.8) is 0 Å². The molecule has 1 aliphatic heterocycles. The van der Waals surface area contributed by atoms with Crippen LogP contribution in [0.3, 0.4) is 0 Å². The number of rotatable bonds is 8. The van der Waals surface area contributed by atoms with Crippen LogP contribution in [0.15, 0.2) is 24.3 Å². The van der Waals surface area contributed by atoms with Crippen molar-refractivity contribution in [1.82, 2.24) is 4.90 Å². The summed E-state index contributed by atoms with van der Waals surface area (Å²) in [6, 6.07) is 7.57. The Kier molecular flexibility index (Phi) is 6.91. The van der Waals surface area contributed by atoms with Gasteiger partial charge in [0.25, 0.3) is 0 Å². The molecule has 5 nitrogen and oxygen atoms in total. The number of hydrogen-bond donors (Lipinski definition) is 2. The fourth-order valence-electron chi connectivity index (χ4n) is 3.11. The number of likely N-dealkylation sites (tertiary alicyclic amines) is 1. The number of unbranched alkanes of at least 4 members (excludes halogenated alkanes) is 4. The molecule has 2 rings (SSSR count). The highest BCUT2D eigenvalue weighted by Crippen LogP contribution is 2.33. The first-order valence-electron chi connectivity index (χ1n) is 8.99. The summed E-state index contributed by atoms with van der Waals surface area (Å²) in [5.41, 5.74) is -0.104. The topological polar surface area (TPSA) is 70.0 Å². The maximum Gasteiger partial charge on any atom is 0.407 e. The number of nitrogens with zero attached hydrogens (tertiary/aromatic N) is 1. The molecule has 5 heteroatoms. The standard InChI is InChI=1S/C19H29NO4/c1-2-3-4-5-6-15-24-17-9-7-16(8-10-17)19(23)11-13-20(14-12-19)18(21)22/h7-10,23H,2-6,11-15H2,1H3,(H,21,22). The van der Waals surface area contributed by atoms with Crippen LogP contribution >= 0.6 is 0 Å². The molecule has 0 radical (unpaired) electrons. The highest BCUT2D eigenvalue weighted by atomic mass is 16.5. The van der Waals surface area contributed by atoms with Crippen molar-refractivity contribution in [2.45, 2.75) is 57.5 Å². The van der Waals surface area contributed by atoms with Gasteiger partial charge in [0.05, 0.1) is 12.2 Å². The van der Waals surface area contributed by atoms with Crippen LogP contribution in [0.2, 0.25) is 0 Å². The van der Waals surface area contributed by atoms with E-state index < -0.39 is 11.7 Å². The summed E-state index contributed by atoms with van der Waals surface area (Å²) in [5, 5.41) is 19.8. The summed E-state index contributed by atoms with van der Waals surface area (Å²) < 4.78 is 5.74. The molecular weight excluding hydrogens is 306 g/mol. The lowest BCUT2D eigenvalue weighted by atomic mass is 9.84. The summed E-state index contributed by atoms with van der Waals surface area (Å²) in [4.78, 5) is 12.3.